The number of aromatic nitrogens is 6. The summed E-state index contributed by atoms with van der Waals surface area (Å²) in [6, 6.07) is 3.53. The van der Waals surface area contributed by atoms with Gasteiger partial charge in [-0.15, -0.1) is 0 Å². The van der Waals surface area contributed by atoms with Gasteiger partial charge in [0.05, 0.1) is 0 Å². The van der Waals surface area contributed by atoms with Crippen molar-refractivity contribution in [2.75, 3.05) is 0 Å². The molecule has 17 heavy (non-hydrogen) atoms. The number of hydrogen-bond acceptors (Lipinski definition) is 6. The maximum atomic E-state index is 5.91. The Balaban J connectivity index is 2.08. The van der Waals surface area contributed by atoms with Gasteiger partial charge in [0.15, 0.2) is 0 Å². The van der Waals surface area contributed by atoms with Crippen molar-refractivity contribution < 1.29 is 0 Å². The van der Waals surface area contributed by atoms with Crippen LogP contribution in [-0.2, 0) is 0 Å². The lowest BCUT2D eigenvalue weighted by Gasteiger charge is -2.02. The molecular formula is C9H5ClN6S. The van der Waals surface area contributed by atoms with Crippen LogP contribution in [0.2, 0.25) is 5.15 Å². The maximum Gasteiger partial charge on any atom is 0.254 e. The standard InChI is InChI=1S/C9H5ClN6S/c10-6-3-8(16-9(15-6)13-5-14-16)17-7-1-2-11-4-12-7/h1-5H. The van der Waals surface area contributed by atoms with E-state index in [9.17, 15) is 0 Å². The van der Waals surface area contributed by atoms with Gasteiger partial charge in [-0.05, 0) is 17.8 Å². The van der Waals surface area contributed by atoms with Gasteiger partial charge in [0.25, 0.3) is 5.78 Å². The lowest BCUT2D eigenvalue weighted by molar-refractivity contribution is 0.840. The summed E-state index contributed by atoms with van der Waals surface area (Å²) >= 11 is 7.33. The molecule has 3 aromatic rings. The smallest absolute Gasteiger partial charge is 0.245 e. The Morgan fingerprint density at radius 3 is 3.00 bits per heavy atom. The van der Waals surface area contributed by atoms with Crippen LogP contribution in [0.1, 0.15) is 0 Å². The van der Waals surface area contributed by atoms with Gasteiger partial charge in [0.2, 0.25) is 0 Å². The highest BCUT2D eigenvalue weighted by molar-refractivity contribution is 7.99. The molecule has 0 N–H and O–H groups in total. The average molecular weight is 265 g/mol. The van der Waals surface area contributed by atoms with Gasteiger partial charge in [-0.3, -0.25) is 0 Å². The number of hydrogen-bond donors (Lipinski definition) is 0. The van der Waals surface area contributed by atoms with Crippen LogP contribution >= 0.6 is 23.4 Å². The molecule has 6 nitrogen and oxygen atoms in total. The summed E-state index contributed by atoms with van der Waals surface area (Å²) < 4.78 is 1.61. The Morgan fingerprint density at radius 1 is 1.24 bits per heavy atom. The molecule has 3 heterocycles. The van der Waals surface area contributed by atoms with Gasteiger partial charge in [0.1, 0.15) is 27.9 Å². The van der Waals surface area contributed by atoms with Crippen LogP contribution < -0.4 is 0 Å². The van der Waals surface area contributed by atoms with Crippen LogP contribution in [0.5, 0.6) is 0 Å². The van der Waals surface area contributed by atoms with Crippen LogP contribution in [0.3, 0.4) is 0 Å². The van der Waals surface area contributed by atoms with Gasteiger partial charge < -0.3 is 0 Å². The Bertz CT molecular complexity index is 655. The normalized spacial score (nSPS) is 10.9. The van der Waals surface area contributed by atoms with E-state index in [-0.39, 0.29) is 0 Å². The lowest BCUT2D eigenvalue weighted by atomic mass is 10.7. The average Bonchev–Trinajstić information content (AvgIpc) is 2.78. The second-order valence-electron chi connectivity index (χ2n) is 3.04. The number of halogens is 1. The third kappa shape index (κ3) is 2.06. The highest BCUT2D eigenvalue weighted by atomic mass is 35.5. The zero-order chi connectivity index (χ0) is 11.7. The monoisotopic (exact) mass is 264 g/mol. The minimum absolute atomic E-state index is 0.377. The number of fused-ring (bicyclic) bond motifs is 1. The fraction of sp³-hybridized carbons (Fsp3) is 0. The molecule has 3 aromatic heterocycles. The van der Waals surface area contributed by atoms with E-state index in [4.69, 9.17) is 11.6 Å². The predicted molar refractivity (Wildman–Crippen MR) is 61.9 cm³/mol. The van der Waals surface area contributed by atoms with Crippen molar-refractivity contribution in [2.24, 2.45) is 0 Å². The second-order valence-corrected chi connectivity index (χ2v) is 4.47. The quantitative estimate of drug-likeness (QED) is 0.657. The van der Waals surface area contributed by atoms with Gasteiger partial charge >= 0.3 is 0 Å². The van der Waals surface area contributed by atoms with E-state index >= 15 is 0 Å². The van der Waals surface area contributed by atoms with Gasteiger partial charge in [0, 0.05) is 12.3 Å². The van der Waals surface area contributed by atoms with Crippen molar-refractivity contribution in [1.82, 2.24) is 29.5 Å². The van der Waals surface area contributed by atoms with Crippen molar-refractivity contribution in [3.8, 4) is 0 Å². The summed E-state index contributed by atoms with van der Waals surface area (Å²) in [5, 5.41) is 6.06. The van der Waals surface area contributed by atoms with Crippen LogP contribution in [0, 0.1) is 0 Å². The first-order chi connectivity index (χ1) is 8.33. The molecule has 0 aliphatic carbocycles. The number of nitrogens with zero attached hydrogens (tertiary/aromatic N) is 6. The molecule has 3 rings (SSSR count). The highest BCUT2D eigenvalue weighted by Crippen LogP contribution is 2.26. The van der Waals surface area contributed by atoms with Gasteiger partial charge in [-0.1, -0.05) is 11.6 Å². The molecule has 0 aliphatic heterocycles. The maximum absolute atomic E-state index is 5.91. The van der Waals surface area contributed by atoms with Gasteiger partial charge in [-0.25, -0.2) is 9.97 Å². The first kappa shape index (κ1) is 10.4. The van der Waals surface area contributed by atoms with Crippen molar-refractivity contribution in [1.29, 1.82) is 0 Å². The Morgan fingerprint density at radius 2 is 2.18 bits per heavy atom. The number of rotatable bonds is 2. The molecule has 0 radical (unpaired) electrons. The lowest BCUT2D eigenvalue weighted by Crippen LogP contribution is -1.95. The molecule has 0 atom stereocenters. The zero-order valence-electron chi connectivity index (χ0n) is 8.36. The van der Waals surface area contributed by atoms with E-state index < -0.39 is 0 Å². The van der Waals surface area contributed by atoms with Crippen LogP contribution in [0.4, 0.5) is 0 Å². The fourth-order valence-corrected chi connectivity index (χ4v) is 2.35. The Kier molecular flexibility index (Phi) is 2.62. The minimum Gasteiger partial charge on any atom is -0.245 e. The zero-order valence-corrected chi connectivity index (χ0v) is 9.93. The third-order valence-electron chi connectivity index (χ3n) is 1.95. The Hall–Kier alpha value is -1.73. The van der Waals surface area contributed by atoms with Crippen molar-refractivity contribution in [2.45, 2.75) is 10.1 Å². The minimum atomic E-state index is 0.377. The second kappa shape index (κ2) is 4.27. The van der Waals surface area contributed by atoms with E-state index in [0.29, 0.717) is 10.9 Å². The van der Waals surface area contributed by atoms with E-state index in [1.165, 1.54) is 24.4 Å². The van der Waals surface area contributed by atoms with Crippen molar-refractivity contribution in [3.05, 3.63) is 36.1 Å². The third-order valence-corrected chi connectivity index (χ3v) is 3.10. The summed E-state index contributed by atoms with van der Waals surface area (Å²) in [5.74, 6) is 0.467. The summed E-state index contributed by atoms with van der Waals surface area (Å²) in [7, 11) is 0. The van der Waals surface area contributed by atoms with Crippen molar-refractivity contribution in [3.63, 3.8) is 0 Å². The van der Waals surface area contributed by atoms with Crippen LogP contribution in [0.25, 0.3) is 5.78 Å². The molecule has 0 saturated heterocycles. The summed E-state index contributed by atoms with van der Waals surface area (Å²) in [6.45, 7) is 0. The molecule has 0 aliphatic rings. The SMILES string of the molecule is Clc1cc(Sc2ccncn2)n2ncnc2n1. The molecule has 0 aromatic carbocycles. The summed E-state index contributed by atoms with van der Waals surface area (Å²) in [4.78, 5) is 16.0. The van der Waals surface area contributed by atoms with Crippen LogP contribution in [0.15, 0.2) is 41.0 Å². The molecule has 0 bridgehead atoms. The van der Waals surface area contributed by atoms with Crippen molar-refractivity contribution >= 4 is 29.1 Å². The predicted octanol–water partition coefficient (Wildman–Crippen LogP) is 1.72. The van der Waals surface area contributed by atoms with Crippen LogP contribution in [-0.4, -0.2) is 29.5 Å². The Labute approximate surface area is 105 Å². The summed E-state index contributed by atoms with van der Waals surface area (Å²) in [6.07, 6.45) is 4.60. The first-order valence-electron chi connectivity index (χ1n) is 4.63. The molecule has 84 valence electrons. The molecule has 0 unspecified atom stereocenters. The summed E-state index contributed by atoms with van der Waals surface area (Å²) in [5.41, 5.74) is 0. The molecule has 0 spiro atoms. The van der Waals surface area contributed by atoms with E-state index in [2.05, 4.69) is 25.0 Å². The van der Waals surface area contributed by atoms with E-state index in [1.54, 1.807) is 16.8 Å². The molecule has 8 heteroatoms. The molecule has 0 amide bonds. The molecule has 0 saturated carbocycles. The van der Waals surface area contributed by atoms with E-state index in [1.807, 2.05) is 6.07 Å². The first-order valence-corrected chi connectivity index (χ1v) is 5.82. The highest BCUT2D eigenvalue weighted by Gasteiger charge is 2.08. The topological polar surface area (TPSA) is 68.9 Å². The van der Waals surface area contributed by atoms with Gasteiger partial charge in [-0.2, -0.15) is 19.6 Å². The van der Waals surface area contributed by atoms with E-state index in [0.717, 1.165) is 10.1 Å². The molecular weight excluding hydrogens is 260 g/mol. The fourth-order valence-electron chi connectivity index (χ4n) is 1.28. The largest absolute Gasteiger partial charge is 0.254 e. The molecule has 0 fully saturated rings.